The van der Waals surface area contributed by atoms with E-state index < -0.39 is 0 Å². The Morgan fingerprint density at radius 1 is 1.03 bits per heavy atom. The van der Waals surface area contributed by atoms with Gasteiger partial charge in [-0.2, -0.15) is 16.3 Å². The number of aromatic nitrogens is 1. The molecule has 4 aromatic rings. The van der Waals surface area contributed by atoms with E-state index in [-0.39, 0.29) is 5.97 Å². The molecule has 0 atom stereocenters. The van der Waals surface area contributed by atoms with Gasteiger partial charge in [0.15, 0.2) is 0 Å². The van der Waals surface area contributed by atoms with Crippen LogP contribution in [0, 0.1) is 6.92 Å². The number of hydrogen-bond donors (Lipinski definition) is 1. The fourth-order valence-electron chi connectivity index (χ4n) is 4.37. The van der Waals surface area contributed by atoms with Crippen LogP contribution in [0.2, 0.25) is 0 Å². The number of nitrogen functional groups attached to an aromatic ring is 1. The number of benzene rings is 3. The Kier molecular flexibility index (Phi) is 7.16. The zero-order valence-corrected chi connectivity index (χ0v) is 20.1. The van der Waals surface area contributed by atoms with Gasteiger partial charge < -0.3 is 15.2 Å². The zero-order chi connectivity index (χ0) is 23.4. The SMILES string of the molecule is COCc1cc(N)cc(C)c1OC(=O)c1c2ccccc2[n+](CCCSC)c2ccccc12. The molecule has 4 rings (SSSR count). The lowest BCUT2D eigenvalue weighted by Crippen LogP contribution is -2.37. The molecule has 1 heterocycles. The van der Waals surface area contributed by atoms with Crippen LogP contribution in [0.4, 0.5) is 5.69 Å². The minimum atomic E-state index is -0.385. The number of nitrogens with two attached hydrogens (primary N) is 1. The fraction of sp³-hybridized carbons (Fsp3) is 0.259. The normalized spacial score (nSPS) is 11.2. The van der Waals surface area contributed by atoms with Crippen molar-refractivity contribution in [3.63, 3.8) is 0 Å². The lowest BCUT2D eigenvalue weighted by Gasteiger charge is -2.15. The lowest BCUT2D eigenvalue weighted by atomic mass is 10.0. The molecule has 0 amide bonds. The van der Waals surface area contributed by atoms with Crippen LogP contribution in [0.3, 0.4) is 0 Å². The molecule has 1 aromatic heterocycles. The molecule has 0 unspecified atom stereocenters. The third-order valence-corrected chi connectivity index (χ3v) is 6.43. The molecule has 0 aliphatic carbocycles. The summed E-state index contributed by atoms with van der Waals surface area (Å²) >= 11 is 1.84. The van der Waals surface area contributed by atoms with E-state index in [1.54, 1.807) is 13.2 Å². The van der Waals surface area contributed by atoms with Crippen LogP contribution in [0.15, 0.2) is 60.7 Å². The molecule has 0 fully saturated rings. The Hall–Kier alpha value is -3.09. The van der Waals surface area contributed by atoms with E-state index in [1.165, 1.54) is 0 Å². The van der Waals surface area contributed by atoms with Crippen LogP contribution >= 0.6 is 11.8 Å². The standard InChI is InChI=1S/C27H29N2O3S/c1-18-15-20(28)16-19(17-31-2)26(18)32-27(30)25-21-9-4-6-11-23(21)29(13-8-14-33-3)24-12-7-5-10-22(24)25/h4-7,9-12,15-16H,8,13-14,17,28H2,1-3H3/q+1. The van der Waals surface area contributed by atoms with Gasteiger partial charge in [0.1, 0.15) is 12.3 Å². The summed E-state index contributed by atoms with van der Waals surface area (Å²) in [5.74, 6) is 1.20. The van der Waals surface area contributed by atoms with Crippen LogP contribution in [0.1, 0.15) is 27.9 Å². The first-order valence-electron chi connectivity index (χ1n) is 11.0. The quantitative estimate of drug-likeness (QED) is 0.0965. The lowest BCUT2D eigenvalue weighted by molar-refractivity contribution is -0.645. The highest BCUT2D eigenvalue weighted by molar-refractivity contribution is 7.98. The Morgan fingerprint density at radius 3 is 2.27 bits per heavy atom. The van der Waals surface area contributed by atoms with Crippen LogP contribution in [-0.4, -0.2) is 25.1 Å². The van der Waals surface area contributed by atoms with Crippen LogP contribution in [-0.2, 0) is 17.9 Å². The van der Waals surface area contributed by atoms with Crippen molar-refractivity contribution in [2.45, 2.75) is 26.5 Å². The highest BCUT2D eigenvalue weighted by Gasteiger charge is 2.26. The number of aryl methyl sites for hydroxylation is 2. The Balaban J connectivity index is 1.88. The number of fused-ring (bicyclic) bond motifs is 2. The van der Waals surface area contributed by atoms with Gasteiger partial charge in [-0.3, -0.25) is 0 Å². The summed E-state index contributed by atoms with van der Waals surface area (Å²) in [7, 11) is 1.61. The van der Waals surface area contributed by atoms with Crippen molar-refractivity contribution in [2.75, 3.05) is 24.9 Å². The molecule has 0 saturated carbocycles. The first-order chi connectivity index (χ1) is 16.0. The highest BCUT2D eigenvalue weighted by Crippen LogP contribution is 2.31. The van der Waals surface area contributed by atoms with E-state index in [2.05, 4.69) is 23.0 Å². The number of anilines is 1. The molecule has 3 aromatic carbocycles. The first-order valence-corrected chi connectivity index (χ1v) is 12.4. The second-order valence-corrected chi connectivity index (χ2v) is 9.04. The Morgan fingerprint density at radius 2 is 1.67 bits per heavy atom. The first kappa shape index (κ1) is 23.1. The van der Waals surface area contributed by atoms with Crippen molar-refractivity contribution < 1.29 is 18.8 Å². The molecule has 170 valence electrons. The molecule has 6 heteroatoms. The predicted molar refractivity (Wildman–Crippen MR) is 136 cm³/mol. The molecule has 0 aliphatic rings. The average molecular weight is 462 g/mol. The van der Waals surface area contributed by atoms with Gasteiger partial charge in [-0.25, -0.2) is 4.79 Å². The second-order valence-electron chi connectivity index (χ2n) is 8.06. The van der Waals surface area contributed by atoms with Gasteiger partial charge in [0.25, 0.3) is 0 Å². The monoisotopic (exact) mass is 461 g/mol. The summed E-state index contributed by atoms with van der Waals surface area (Å²) in [4.78, 5) is 13.7. The number of carbonyl (C=O) groups is 1. The number of hydrogen-bond acceptors (Lipinski definition) is 5. The van der Waals surface area contributed by atoms with Crippen molar-refractivity contribution in [1.82, 2.24) is 0 Å². The smallest absolute Gasteiger partial charge is 0.345 e. The fourth-order valence-corrected chi connectivity index (χ4v) is 4.79. The maximum absolute atomic E-state index is 13.7. The van der Waals surface area contributed by atoms with Gasteiger partial charge in [0, 0.05) is 36.9 Å². The second kappa shape index (κ2) is 10.2. The number of ether oxygens (including phenoxy) is 2. The molecular weight excluding hydrogens is 432 g/mol. The van der Waals surface area contributed by atoms with E-state index in [4.69, 9.17) is 15.2 Å². The third kappa shape index (κ3) is 4.68. The number of pyridine rings is 1. The minimum absolute atomic E-state index is 0.306. The van der Waals surface area contributed by atoms with Crippen molar-refractivity contribution in [3.8, 4) is 5.75 Å². The predicted octanol–water partition coefficient (Wildman–Crippen LogP) is 5.29. The molecule has 0 bridgehead atoms. The van der Waals surface area contributed by atoms with Crippen molar-refractivity contribution in [1.29, 1.82) is 0 Å². The van der Waals surface area contributed by atoms with E-state index in [9.17, 15) is 4.79 Å². The summed E-state index contributed by atoms with van der Waals surface area (Å²) in [6, 6.07) is 19.7. The van der Waals surface area contributed by atoms with Gasteiger partial charge in [-0.15, -0.1) is 0 Å². The molecule has 33 heavy (non-hydrogen) atoms. The van der Waals surface area contributed by atoms with E-state index in [0.29, 0.717) is 23.6 Å². The molecular formula is C27H29N2O3S+. The number of thioether (sulfide) groups is 1. The molecule has 5 nitrogen and oxygen atoms in total. The van der Waals surface area contributed by atoms with E-state index >= 15 is 0 Å². The average Bonchev–Trinajstić information content (AvgIpc) is 2.81. The van der Waals surface area contributed by atoms with Gasteiger partial charge in [0.2, 0.25) is 11.0 Å². The summed E-state index contributed by atoms with van der Waals surface area (Å²) in [6.45, 7) is 3.07. The van der Waals surface area contributed by atoms with Crippen LogP contribution < -0.4 is 15.0 Å². The minimum Gasteiger partial charge on any atom is -0.422 e. The van der Waals surface area contributed by atoms with Crippen molar-refractivity contribution in [2.24, 2.45) is 0 Å². The van der Waals surface area contributed by atoms with Crippen LogP contribution in [0.25, 0.3) is 21.8 Å². The Labute approximate surface area is 198 Å². The van der Waals surface area contributed by atoms with Crippen molar-refractivity contribution >= 4 is 45.2 Å². The topological polar surface area (TPSA) is 65.4 Å². The van der Waals surface area contributed by atoms with E-state index in [0.717, 1.165) is 51.7 Å². The maximum atomic E-state index is 13.7. The van der Waals surface area contributed by atoms with Crippen molar-refractivity contribution in [3.05, 3.63) is 77.4 Å². The number of rotatable bonds is 8. The Bertz CT molecular complexity index is 1260. The van der Waals surface area contributed by atoms with Gasteiger partial charge in [-0.1, -0.05) is 24.3 Å². The van der Waals surface area contributed by atoms with E-state index in [1.807, 2.05) is 61.2 Å². The number of para-hydroxylation sites is 2. The molecule has 0 radical (unpaired) electrons. The summed E-state index contributed by atoms with van der Waals surface area (Å²) in [5, 5.41) is 1.76. The van der Waals surface area contributed by atoms with Gasteiger partial charge in [0.05, 0.1) is 22.9 Å². The summed E-state index contributed by atoms with van der Waals surface area (Å²) < 4.78 is 13.7. The molecule has 0 spiro atoms. The summed E-state index contributed by atoms with van der Waals surface area (Å²) in [6.07, 6.45) is 3.17. The summed E-state index contributed by atoms with van der Waals surface area (Å²) in [5.41, 5.74) is 10.8. The van der Waals surface area contributed by atoms with Gasteiger partial charge in [-0.05, 0) is 48.8 Å². The molecule has 0 aliphatic heterocycles. The van der Waals surface area contributed by atoms with Crippen LogP contribution in [0.5, 0.6) is 5.75 Å². The highest BCUT2D eigenvalue weighted by atomic mass is 32.2. The molecule has 2 N–H and O–H groups in total. The number of esters is 1. The molecule has 0 saturated heterocycles. The number of nitrogens with zero attached hydrogens (tertiary/aromatic N) is 1. The number of carbonyl (C=O) groups excluding carboxylic acids is 1. The zero-order valence-electron chi connectivity index (χ0n) is 19.3. The number of methoxy groups -OCH3 is 1. The maximum Gasteiger partial charge on any atom is 0.345 e. The largest absolute Gasteiger partial charge is 0.422 e. The third-order valence-electron chi connectivity index (χ3n) is 5.73. The van der Waals surface area contributed by atoms with Gasteiger partial charge >= 0.3 is 5.97 Å².